The molecule has 4 aromatic rings. The molecule has 0 aliphatic heterocycles. The Balaban J connectivity index is 1.19. The van der Waals surface area contributed by atoms with Gasteiger partial charge in [-0.05, 0) is 94.2 Å². The first-order valence-corrected chi connectivity index (χ1v) is 11.6. The minimum Gasteiger partial charge on any atom is -0.466 e. The molecule has 0 saturated heterocycles. The number of hydrogen-bond acceptors (Lipinski definition) is 2. The molecule has 0 aromatic heterocycles. The van der Waals surface area contributed by atoms with E-state index in [1.165, 1.54) is 43.8 Å². The topological polar surface area (TPSA) is 26.3 Å². The van der Waals surface area contributed by atoms with Gasteiger partial charge in [-0.1, -0.05) is 68.4 Å². The van der Waals surface area contributed by atoms with Crippen LogP contribution in [0, 0.1) is 37.0 Å². The van der Waals surface area contributed by atoms with Gasteiger partial charge >= 0.3 is 5.97 Å². The molecule has 1 aliphatic carbocycles. The van der Waals surface area contributed by atoms with Crippen LogP contribution in [0.5, 0.6) is 0 Å². The zero-order valence-electron chi connectivity index (χ0n) is 18.9. The average Bonchev–Trinajstić information content (AvgIpc) is 3.34. The summed E-state index contributed by atoms with van der Waals surface area (Å²) in [6, 6.07) is 20.0. The molecule has 0 amide bonds. The molecule has 0 atom stereocenters. The minimum atomic E-state index is -0.192. The molecule has 4 aromatic carbocycles. The summed E-state index contributed by atoms with van der Waals surface area (Å²) in [5.41, 5.74) is 1.18. The van der Waals surface area contributed by atoms with Crippen molar-refractivity contribution in [1.29, 1.82) is 0 Å². The Hall–Kier alpha value is -2.61. The highest BCUT2D eigenvalue weighted by molar-refractivity contribution is 6.23. The normalized spacial score (nSPS) is 15.3. The lowest BCUT2D eigenvalue weighted by Gasteiger charge is -2.29. The maximum Gasteiger partial charge on any atom is 0.306 e. The molecule has 0 heterocycles. The van der Waals surface area contributed by atoms with Crippen LogP contribution in [-0.4, -0.2) is 12.6 Å². The van der Waals surface area contributed by atoms with E-state index in [4.69, 9.17) is 4.74 Å². The molecular formula is C30H29O2. The lowest BCUT2D eigenvalue weighted by molar-refractivity contribution is -0.145. The van der Waals surface area contributed by atoms with E-state index in [0.717, 1.165) is 19.3 Å². The first-order chi connectivity index (χ1) is 15.5. The highest BCUT2D eigenvalue weighted by Crippen LogP contribution is 2.42. The summed E-state index contributed by atoms with van der Waals surface area (Å²) in [4.78, 5) is 12.3. The molecule has 0 spiro atoms. The van der Waals surface area contributed by atoms with Gasteiger partial charge in [-0.3, -0.25) is 4.79 Å². The Morgan fingerprint density at radius 1 is 0.812 bits per heavy atom. The van der Waals surface area contributed by atoms with E-state index in [1.54, 1.807) is 0 Å². The fraction of sp³-hybridized carbons (Fsp3) is 0.267. The van der Waals surface area contributed by atoms with Crippen molar-refractivity contribution in [3.8, 4) is 0 Å². The van der Waals surface area contributed by atoms with E-state index in [0.29, 0.717) is 13.0 Å². The minimum absolute atomic E-state index is 0.112. The van der Waals surface area contributed by atoms with Crippen LogP contribution in [-0.2, 0) is 16.0 Å². The number of esters is 1. The standard InChI is InChI=1S/C30H29O2/c1-30(2,25-11-3-4-12-25)20-27(31)32-19-6-5-8-21-13-14-24-16-15-22-9-7-10-23-17-18-26(21)29(24)28(22)23/h3-4,7,9-18H,5-6,8,19-20H2,1-2H3. The van der Waals surface area contributed by atoms with Gasteiger partial charge in [-0.15, -0.1) is 0 Å². The number of hydrogen-bond donors (Lipinski definition) is 0. The Kier molecular flexibility index (Phi) is 5.80. The molecule has 5 radical (unpaired) electrons. The Morgan fingerprint density at radius 2 is 1.47 bits per heavy atom. The van der Waals surface area contributed by atoms with E-state index >= 15 is 0 Å². The van der Waals surface area contributed by atoms with Gasteiger partial charge in [0.25, 0.3) is 0 Å². The maximum absolute atomic E-state index is 12.3. The third-order valence-corrected chi connectivity index (χ3v) is 6.75. The number of rotatable bonds is 8. The SMILES string of the molecule is CC(C)(CC(=O)OCCCCc1ccc2ccc3cccc4ccc1c2c34)[C]1[CH][CH][CH][CH]1. The molecule has 1 saturated carbocycles. The van der Waals surface area contributed by atoms with Crippen molar-refractivity contribution in [2.45, 2.75) is 39.5 Å². The summed E-state index contributed by atoms with van der Waals surface area (Å²) >= 11 is 0. The van der Waals surface area contributed by atoms with Gasteiger partial charge in [0, 0.05) is 0 Å². The van der Waals surface area contributed by atoms with E-state index in [-0.39, 0.29) is 11.4 Å². The highest BCUT2D eigenvalue weighted by Gasteiger charge is 2.35. The molecule has 161 valence electrons. The van der Waals surface area contributed by atoms with E-state index in [1.807, 2.05) is 12.8 Å². The number of benzene rings is 4. The smallest absolute Gasteiger partial charge is 0.306 e. The monoisotopic (exact) mass is 421 g/mol. The van der Waals surface area contributed by atoms with Gasteiger partial charge in [0.05, 0.1) is 13.0 Å². The molecule has 2 nitrogen and oxygen atoms in total. The maximum atomic E-state index is 12.3. The summed E-state index contributed by atoms with van der Waals surface area (Å²) in [6.07, 6.45) is 11.5. The third-order valence-electron chi connectivity index (χ3n) is 6.75. The summed E-state index contributed by atoms with van der Waals surface area (Å²) < 4.78 is 5.55. The lowest BCUT2D eigenvalue weighted by Crippen LogP contribution is -2.25. The average molecular weight is 422 g/mol. The van der Waals surface area contributed by atoms with Gasteiger partial charge in [0.1, 0.15) is 0 Å². The largest absolute Gasteiger partial charge is 0.466 e. The number of ether oxygens (including phenoxy) is 1. The lowest BCUT2D eigenvalue weighted by atomic mass is 9.75. The van der Waals surface area contributed by atoms with Crippen molar-refractivity contribution in [2.24, 2.45) is 5.41 Å². The number of carbonyl (C=O) groups is 1. The van der Waals surface area contributed by atoms with Gasteiger partial charge in [0.15, 0.2) is 0 Å². The first-order valence-electron chi connectivity index (χ1n) is 11.6. The van der Waals surface area contributed by atoms with Crippen LogP contribution < -0.4 is 0 Å². The summed E-state index contributed by atoms with van der Waals surface area (Å²) in [5.74, 6) is 1.07. The molecular weight excluding hydrogens is 392 g/mol. The Morgan fingerprint density at radius 3 is 2.22 bits per heavy atom. The fourth-order valence-electron chi connectivity index (χ4n) is 4.96. The molecule has 2 heteroatoms. The van der Waals surface area contributed by atoms with Crippen LogP contribution in [0.1, 0.15) is 38.7 Å². The highest BCUT2D eigenvalue weighted by atomic mass is 16.5. The van der Waals surface area contributed by atoms with Crippen molar-refractivity contribution < 1.29 is 9.53 Å². The summed E-state index contributed by atoms with van der Waals surface area (Å²) in [5, 5.41) is 7.99. The zero-order chi connectivity index (χ0) is 22.1. The van der Waals surface area contributed by atoms with Gasteiger partial charge in [-0.2, -0.15) is 0 Å². The molecule has 1 aliphatic rings. The van der Waals surface area contributed by atoms with E-state index in [9.17, 15) is 4.79 Å². The number of carbonyl (C=O) groups excluding carboxylic acids is 1. The molecule has 32 heavy (non-hydrogen) atoms. The Bertz CT molecular complexity index is 1210. The van der Waals surface area contributed by atoms with Crippen molar-refractivity contribution in [3.63, 3.8) is 0 Å². The van der Waals surface area contributed by atoms with E-state index in [2.05, 4.69) is 81.3 Å². The molecule has 0 N–H and O–H groups in total. The Labute approximate surface area is 191 Å². The predicted octanol–water partition coefficient (Wildman–Crippen LogP) is 7.27. The fourth-order valence-corrected chi connectivity index (χ4v) is 4.96. The second-order valence-electron chi connectivity index (χ2n) is 9.49. The number of aryl methyl sites for hydroxylation is 1. The molecule has 0 bridgehead atoms. The van der Waals surface area contributed by atoms with Crippen molar-refractivity contribution in [3.05, 3.63) is 91.8 Å². The van der Waals surface area contributed by atoms with Gasteiger partial charge in [-0.25, -0.2) is 0 Å². The zero-order valence-corrected chi connectivity index (χ0v) is 18.9. The second kappa shape index (κ2) is 8.73. The van der Waals surface area contributed by atoms with Gasteiger partial charge < -0.3 is 4.74 Å². The van der Waals surface area contributed by atoms with Crippen molar-refractivity contribution in [2.75, 3.05) is 6.61 Å². The van der Waals surface area contributed by atoms with Crippen LogP contribution in [0.3, 0.4) is 0 Å². The molecule has 5 rings (SSSR count). The van der Waals surface area contributed by atoms with Crippen LogP contribution in [0.15, 0.2) is 54.6 Å². The van der Waals surface area contributed by atoms with E-state index < -0.39 is 0 Å². The van der Waals surface area contributed by atoms with Crippen LogP contribution >= 0.6 is 0 Å². The predicted molar refractivity (Wildman–Crippen MR) is 133 cm³/mol. The third kappa shape index (κ3) is 4.08. The summed E-state index contributed by atoms with van der Waals surface area (Å²) in [7, 11) is 0. The van der Waals surface area contributed by atoms with Crippen molar-refractivity contribution in [1.82, 2.24) is 0 Å². The van der Waals surface area contributed by atoms with Crippen molar-refractivity contribution >= 4 is 38.3 Å². The first kappa shape index (κ1) is 21.2. The number of unbranched alkanes of at least 4 members (excludes halogenated alkanes) is 1. The second-order valence-corrected chi connectivity index (χ2v) is 9.49. The summed E-state index contributed by atoms with van der Waals surface area (Å²) in [6.45, 7) is 4.68. The van der Waals surface area contributed by atoms with Crippen LogP contribution in [0.2, 0.25) is 0 Å². The molecule has 0 unspecified atom stereocenters. The quantitative estimate of drug-likeness (QED) is 0.170. The van der Waals surface area contributed by atoms with Gasteiger partial charge in [0.2, 0.25) is 0 Å². The molecule has 1 fully saturated rings. The van der Waals surface area contributed by atoms with Crippen LogP contribution in [0.25, 0.3) is 32.3 Å². The van der Waals surface area contributed by atoms with Crippen LogP contribution in [0.4, 0.5) is 0 Å².